The van der Waals surface area contributed by atoms with Gasteiger partial charge in [-0.2, -0.15) is 5.10 Å². The van der Waals surface area contributed by atoms with E-state index in [1.54, 1.807) is 28.5 Å². The highest BCUT2D eigenvalue weighted by Crippen LogP contribution is 2.35. The van der Waals surface area contributed by atoms with Gasteiger partial charge in [-0.15, -0.1) is 21.5 Å². The highest BCUT2D eigenvalue weighted by molar-refractivity contribution is 7.99. The first kappa shape index (κ1) is 28.6. The Hall–Kier alpha value is -4.48. The molecule has 2 amide bonds. The van der Waals surface area contributed by atoms with E-state index in [1.165, 1.54) is 29.2 Å². The van der Waals surface area contributed by atoms with Crippen molar-refractivity contribution >= 4 is 40.6 Å². The molecule has 3 aromatic heterocycles. The Bertz CT molecular complexity index is 1700. The molecule has 2 aromatic carbocycles. The fraction of sp³-hybridized carbons (Fsp3) is 0.219. The monoisotopic (exact) mass is 610 g/mol. The first-order chi connectivity index (χ1) is 21.0. The summed E-state index contributed by atoms with van der Waals surface area (Å²) in [5.74, 6) is 0.537. The van der Waals surface area contributed by atoms with Crippen LogP contribution in [0.4, 0.5) is 0 Å². The molecule has 0 spiro atoms. The second kappa shape index (κ2) is 13.2. The Balaban J connectivity index is 1.19. The smallest absolute Gasteiger partial charge is 0.287 e. The number of nitrogens with zero attached hydrogens (tertiary/aromatic N) is 5. The van der Waals surface area contributed by atoms with Crippen LogP contribution >= 0.6 is 23.1 Å². The van der Waals surface area contributed by atoms with Crippen LogP contribution < -0.4 is 5.32 Å². The van der Waals surface area contributed by atoms with Gasteiger partial charge in [0.15, 0.2) is 16.7 Å². The van der Waals surface area contributed by atoms with E-state index < -0.39 is 0 Å². The van der Waals surface area contributed by atoms with Crippen LogP contribution in [0.2, 0.25) is 0 Å². The van der Waals surface area contributed by atoms with Gasteiger partial charge in [-0.05, 0) is 48.1 Å². The van der Waals surface area contributed by atoms with E-state index in [1.807, 2.05) is 40.3 Å². The van der Waals surface area contributed by atoms with Gasteiger partial charge in [0.2, 0.25) is 0 Å². The maximum atomic E-state index is 13.7. The summed E-state index contributed by atoms with van der Waals surface area (Å²) in [6, 6.07) is 25.6. The molecule has 43 heavy (non-hydrogen) atoms. The van der Waals surface area contributed by atoms with Crippen LogP contribution in [0.1, 0.15) is 50.4 Å². The fourth-order valence-electron chi connectivity index (χ4n) is 4.89. The average molecular weight is 611 g/mol. The van der Waals surface area contributed by atoms with Gasteiger partial charge >= 0.3 is 0 Å². The number of thioether (sulfide) groups is 1. The molecule has 11 heteroatoms. The average Bonchev–Trinajstić information content (AvgIpc) is 3.85. The molecule has 0 fully saturated rings. The summed E-state index contributed by atoms with van der Waals surface area (Å²) < 4.78 is 7.17. The molecule has 6 rings (SSSR count). The lowest BCUT2D eigenvalue weighted by Crippen LogP contribution is -2.28. The summed E-state index contributed by atoms with van der Waals surface area (Å²) >= 11 is 2.96. The molecule has 0 aliphatic carbocycles. The number of aromatic nitrogens is 3. The number of hydrogen-bond donors (Lipinski definition) is 1. The highest BCUT2D eigenvalue weighted by atomic mass is 32.2. The maximum Gasteiger partial charge on any atom is 0.287 e. The van der Waals surface area contributed by atoms with Crippen molar-refractivity contribution in [3.8, 4) is 0 Å². The van der Waals surface area contributed by atoms with E-state index in [9.17, 15) is 9.59 Å². The molecule has 4 heterocycles. The lowest BCUT2D eigenvalue weighted by molar-refractivity contribution is -0.130. The van der Waals surface area contributed by atoms with E-state index in [4.69, 9.17) is 9.52 Å². The van der Waals surface area contributed by atoms with Gasteiger partial charge in [-0.25, -0.2) is 5.01 Å². The van der Waals surface area contributed by atoms with Crippen LogP contribution in [0, 0.1) is 6.92 Å². The largest absolute Gasteiger partial charge is 0.459 e. The van der Waals surface area contributed by atoms with Crippen LogP contribution in [-0.2, 0) is 24.3 Å². The first-order valence-corrected chi connectivity index (χ1v) is 15.8. The predicted octanol–water partition coefficient (Wildman–Crippen LogP) is 5.88. The molecule has 0 saturated carbocycles. The molecule has 0 bridgehead atoms. The second-order valence-corrected chi connectivity index (χ2v) is 12.0. The van der Waals surface area contributed by atoms with Crippen LogP contribution in [-0.4, -0.2) is 43.1 Å². The third-order valence-electron chi connectivity index (χ3n) is 7.17. The van der Waals surface area contributed by atoms with Gasteiger partial charge < -0.3 is 14.3 Å². The minimum atomic E-state index is -0.331. The molecule has 1 aliphatic heterocycles. The molecule has 1 aliphatic rings. The molecular weight excluding hydrogens is 581 g/mol. The van der Waals surface area contributed by atoms with E-state index in [0.717, 1.165) is 22.6 Å². The van der Waals surface area contributed by atoms with Crippen molar-refractivity contribution in [3.63, 3.8) is 0 Å². The summed E-state index contributed by atoms with van der Waals surface area (Å²) in [5.41, 5.74) is 4.31. The number of aryl methyl sites for hydroxylation is 2. The zero-order valence-electron chi connectivity index (χ0n) is 23.6. The Labute approximate surface area is 257 Å². The molecule has 1 unspecified atom stereocenters. The van der Waals surface area contributed by atoms with E-state index in [-0.39, 0.29) is 35.9 Å². The van der Waals surface area contributed by atoms with Gasteiger partial charge in [-0.1, -0.05) is 78.0 Å². The molecule has 218 valence electrons. The van der Waals surface area contributed by atoms with Crippen molar-refractivity contribution in [1.82, 2.24) is 25.1 Å². The van der Waals surface area contributed by atoms with Gasteiger partial charge in [0.1, 0.15) is 0 Å². The van der Waals surface area contributed by atoms with E-state index in [2.05, 4.69) is 58.8 Å². The SMILES string of the molecule is Cc1ccc(C2CC(c3cccs3)=NN2C(=O)CSc2nnc(CNC(=O)c3ccco3)n2CCc2ccccc2)cc1. The van der Waals surface area contributed by atoms with Crippen molar-refractivity contribution in [2.24, 2.45) is 5.10 Å². The van der Waals surface area contributed by atoms with Crippen LogP contribution in [0.25, 0.3) is 0 Å². The number of benzene rings is 2. The van der Waals surface area contributed by atoms with E-state index in [0.29, 0.717) is 23.9 Å². The number of rotatable bonds is 11. The van der Waals surface area contributed by atoms with Crippen LogP contribution in [0.15, 0.2) is 105 Å². The topological polar surface area (TPSA) is 106 Å². The quantitative estimate of drug-likeness (QED) is 0.187. The number of carbonyl (C=O) groups is 2. The van der Waals surface area contributed by atoms with Gasteiger partial charge in [0.05, 0.1) is 35.2 Å². The van der Waals surface area contributed by atoms with Gasteiger partial charge in [0, 0.05) is 13.0 Å². The van der Waals surface area contributed by atoms with E-state index >= 15 is 0 Å². The molecule has 9 nitrogen and oxygen atoms in total. The zero-order valence-corrected chi connectivity index (χ0v) is 25.2. The minimum Gasteiger partial charge on any atom is -0.459 e. The Morgan fingerprint density at radius 1 is 1.02 bits per heavy atom. The maximum absolute atomic E-state index is 13.7. The van der Waals surface area contributed by atoms with Crippen molar-refractivity contribution in [2.75, 3.05) is 5.75 Å². The van der Waals surface area contributed by atoms with Crippen molar-refractivity contribution in [3.05, 3.63) is 124 Å². The predicted molar refractivity (Wildman–Crippen MR) is 167 cm³/mol. The normalized spacial score (nSPS) is 14.6. The number of nitrogens with one attached hydrogen (secondary N) is 1. The number of carbonyl (C=O) groups excluding carboxylic acids is 2. The highest BCUT2D eigenvalue weighted by Gasteiger charge is 2.33. The van der Waals surface area contributed by atoms with Crippen molar-refractivity contribution < 1.29 is 14.0 Å². The van der Waals surface area contributed by atoms with Gasteiger partial charge in [-0.3, -0.25) is 9.59 Å². The lowest BCUT2D eigenvalue weighted by Gasteiger charge is -2.22. The minimum absolute atomic E-state index is 0.104. The molecule has 5 aromatic rings. The summed E-state index contributed by atoms with van der Waals surface area (Å²) in [6.07, 6.45) is 2.86. The number of thiophene rings is 1. The van der Waals surface area contributed by atoms with Crippen LogP contribution in [0.5, 0.6) is 0 Å². The number of hydrogen-bond acceptors (Lipinski definition) is 8. The summed E-state index contributed by atoms with van der Waals surface area (Å²) in [4.78, 5) is 27.3. The number of hydrazone groups is 1. The summed E-state index contributed by atoms with van der Waals surface area (Å²) in [7, 11) is 0. The molecular formula is C32H30N6O3S2. The third-order valence-corrected chi connectivity index (χ3v) is 9.04. The van der Waals surface area contributed by atoms with Crippen LogP contribution in [0.3, 0.4) is 0 Å². The summed E-state index contributed by atoms with van der Waals surface area (Å²) in [6.45, 7) is 2.82. The van der Waals surface area contributed by atoms with Crippen molar-refractivity contribution in [2.45, 2.75) is 44.1 Å². The van der Waals surface area contributed by atoms with Crippen molar-refractivity contribution in [1.29, 1.82) is 0 Å². The summed E-state index contributed by atoms with van der Waals surface area (Å²) in [5, 5.41) is 20.7. The lowest BCUT2D eigenvalue weighted by atomic mass is 10.00. The first-order valence-electron chi connectivity index (χ1n) is 14.0. The molecule has 1 N–H and O–H groups in total. The second-order valence-electron chi connectivity index (χ2n) is 10.1. The standard InChI is InChI=1S/C32H30N6O3S2/c1-22-11-13-24(14-12-22)26-19-25(28-10-6-18-42-28)36-38(26)30(39)21-43-32-35-34-29(20-33-31(40)27-9-5-17-41-27)37(32)16-15-23-7-3-2-4-8-23/h2-14,17-18,26H,15-16,19-21H2,1H3,(H,33,40). The molecule has 0 saturated heterocycles. The fourth-order valence-corrected chi connectivity index (χ4v) is 6.45. The third kappa shape index (κ3) is 6.79. The number of amides is 2. The molecule has 1 atom stereocenters. The Kier molecular flexibility index (Phi) is 8.80. The Morgan fingerprint density at radius 3 is 2.60 bits per heavy atom. The Morgan fingerprint density at radius 2 is 1.86 bits per heavy atom. The van der Waals surface area contributed by atoms with Gasteiger partial charge in [0.25, 0.3) is 11.8 Å². The molecule has 0 radical (unpaired) electrons. The number of furan rings is 1. The zero-order chi connectivity index (χ0) is 29.6.